The third kappa shape index (κ3) is 5.65. The van der Waals surface area contributed by atoms with E-state index in [1.165, 1.54) is 0 Å². The molecular formula is C10H21ClN2O3. The highest BCUT2D eigenvalue weighted by Crippen LogP contribution is 1.97. The van der Waals surface area contributed by atoms with Crippen molar-refractivity contribution in [2.24, 2.45) is 0 Å². The summed E-state index contributed by atoms with van der Waals surface area (Å²) in [4.78, 5) is 11.5. The van der Waals surface area contributed by atoms with E-state index in [0.29, 0.717) is 26.1 Å². The van der Waals surface area contributed by atoms with Gasteiger partial charge in [0.25, 0.3) is 5.91 Å². The van der Waals surface area contributed by atoms with Crippen LogP contribution in [0.3, 0.4) is 0 Å². The number of carbonyl (C=O) groups is 1. The van der Waals surface area contributed by atoms with Crippen molar-refractivity contribution in [2.45, 2.75) is 32.0 Å². The third-order valence-electron chi connectivity index (χ3n) is 2.35. The van der Waals surface area contributed by atoms with Crippen LogP contribution < -0.4 is 10.6 Å². The number of hydrogen-bond donors (Lipinski definition) is 3. The molecule has 1 amide bonds. The number of halogens is 1. The first kappa shape index (κ1) is 15.6. The molecule has 0 saturated carbocycles. The molecule has 2 atom stereocenters. The lowest BCUT2D eigenvalue weighted by atomic mass is 10.2. The fourth-order valence-electron chi connectivity index (χ4n) is 1.50. The van der Waals surface area contributed by atoms with E-state index in [-0.39, 0.29) is 18.3 Å². The predicted molar refractivity (Wildman–Crippen MR) is 63.8 cm³/mol. The van der Waals surface area contributed by atoms with Crippen molar-refractivity contribution in [2.75, 3.05) is 26.2 Å². The summed E-state index contributed by atoms with van der Waals surface area (Å²) < 4.78 is 5.28. The van der Waals surface area contributed by atoms with Crippen LogP contribution in [0.5, 0.6) is 0 Å². The van der Waals surface area contributed by atoms with Gasteiger partial charge in [0.2, 0.25) is 0 Å². The molecule has 5 nitrogen and oxygen atoms in total. The molecule has 1 rings (SSSR count). The normalized spacial score (nSPS) is 22.0. The van der Waals surface area contributed by atoms with Crippen LogP contribution in [0.15, 0.2) is 0 Å². The van der Waals surface area contributed by atoms with E-state index in [2.05, 4.69) is 10.6 Å². The molecule has 1 aliphatic heterocycles. The smallest absolute Gasteiger partial charge is 0.250 e. The lowest BCUT2D eigenvalue weighted by molar-refractivity contribution is -0.134. The van der Waals surface area contributed by atoms with Crippen molar-refractivity contribution >= 4 is 18.3 Å². The Morgan fingerprint density at radius 2 is 2.44 bits per heavy atom. The third-order valence-corrected chi connectivity index (χ3v) is 2.35. The van der Waals surface area contributed by atoms with Crippen molar-refractivity contribution in [1.29, 1.82) is 0 Å². The standard InChI is InChI=1S/C10H20N2O3.ClH/c1-2-3-8(13)6-12-10(14)9-7-11-4-5-15-9;/h8-9,11,13H,2-7H2,1H3,(H,12,14);1H. The Kier molecular flexibility index (Phi) is 8.56. The molecule has 2 unspecified atom stereocenters. The average molecular weight is 253 g/mol. The second-order valence-corrected chi connectivity index (χ2v) is 3.75. The van der Waals surface area contributed by atoms with Crippen LogP contribution in [-0.2, 0) is 9.53 Å². The topological polar surface area (TPSA) is 70.6 Å². The van der Waals surface area contributed by atoms with Gasteiger partial charge in [0, 0.05) is 19.6 Å². The van der Waals surface area contributed by atoms with Gasteiger partial charge in [-0.15, -0.1) is 12.4 Å². The molecule has 1 fully saturated rings. The Morgan fingerprint density at radius 3 is 3.00 bits per heavy atom. The molecule has 0 aromatic heterocycles. The van der Waals surface area contributed by atoms with Gasteiger partial charge in [0.15, 0.2) is 0 Å². The van der Waals surface area contributed by atoms with Crippen LogP contribution >= 0.6 is 12.4 Å². The second kappa shape index (κ2) is 8.75. The summed E-state index contributed by atoms with van der Waals surface area (Å²) in [7, 11) is 0. The van der Waals surface area contributed by atoms with Gasteiger partial charge in [0.1, 0.15) is 6.10 Å². The molecule has 6 heteroatoms. The molecular weight excluding hydrogens is 232 g/mol. The Morgan fingerprint density at radius 1 is 1.69 bits per heavy atom. The van der Waals surface area contributed by atoms with Crippen molar-refractivity contribution in [3.63, 3.8) is 0 Å². The van der Waals surface area contributed by atoms with E-state index in [9.17, 15) is 9.90 Å². The fraction of sp³-hybridized carbons (Fsp3) is 0.900. The van der Waals surface area contributed by atoms with E-state index >= 15 is 0 Å². The molecule has 96 valence electrons. The van der Waals surface area contributed by atoms with Crippen molar-refractivity contribution in [1.82, 2.24) is 10.6 Å². The highest BCUT2D eigenvalue weighted by atomic mass is 35.5. The first-order chi connectivity index (χ1) is 7.24. The van der Waals surface area contributed by atoms with E-state index in [1.807, 2.05) is 6.92 Å². The lowest BCUT2D eigenvalue weighted by Gasteiger charge is -2.23. The van der Waals surface area contributed by atoms with Crippen LogP contribution in [-0.4, -0.2) is 49.5 Å². The maximum Gasteiger partial charge on any atom is 0.250 e. The molecule has 0 aromatic carbocycles. The van der Waals surface area contributed by atoms with Gasteiger partial charge in [-0.2, -0.15) is 0 Å². The van der Waals surface area contributed by atoms with Gasteiger partial charge in [0.05, 0.1) is 12.7 Å². The molecule has 1 saturated heterocycles. The summed E-state index contributed by atoms with van der Waals surface area (Å²) in [5, 5.41) is 15.2. The SMILES string of the molecule is CCCC(O)CNC(=O)C1CNCCO1.Cl. The van der Waals surface area contributed by atoms with Gasteiger partial charge in [-0.3, -0.25) is 4.79 Å². The summed E-state index contributed by atoms with van der Waals surface area (Å²) in [6.45, 7) is 4.22. The molecule has 1 heterocycles. The van der Waals surface area contributed by atoms with Crippen LogP contribution in [0, 0.1) is 0 Å². The number of ether oxygens (including phenoxy) is 1. The Labute approximate surface area is 102 Å². The second-order valence-electron chi connectivity index (χ2n) is 3.75. The summed E-state index contributed by atoms with van der Waals surface area (Å²) in [5.41, 5.74) is 0. The highest BCUT2D eigenvalue weighted by Gasteiger charge is 2.21. The van der Waals surface area contributed by atoms with E-state index in [0.717, 1.165) is 13.0 Å². The molecule has 3 N–H and O–H groups in total. The molecule has 0 aliphatic carbocycles. The fourth-order valence-corrected chi connectivity index (χ4v) is 1.50. The van der Waals surface area contributed by atoms with Crippen molar-refractivity contribution < 1.29 is 14.6 Å². The quantitative estimate of drug-likeness (QED) is 0.627. The minimum Gasteiger partial charge on any atom is -0.391 e. The maximum atomic E-state index is 11.5. The Hall–Kier alpha value is -0.360. The Balaban J connectivity index is 0.00000225. The highest BCUT2D eigenvalue weighted by molar-refractivity contribution is 5.85. The number of aliphatic hydroxyl groups excluding tert-OH is 1. The zero-order chi connectivity index (χ0) is 11.1. The number of morpholine rings is 1. The number of aliphatic hydroxyl groups is 1. The maximum absolute atomic E-state index is 11.5. The molecule has 0 bridgehead atoms. The van der Waals surface area contributed by atoms with Crippen LogP contribution in [0.4, 0.5) is 0 Å². The largest absolute Gasteiger partial charge is 0.391 e. The molecule has 0 spiro atoms. The minimum absolute atomic E-state index is 0. The number of hydrogen-bond acceptors (Lipinski definition) is 4. The molecule has 1 aliphatic rings. The van der Waals surface area contributed by atoms with Crippen molar-refractivity contribution in [3.05, 3.63) is 0 Å². The van der Waals surface area contributed by atoms with Gasteiger partial charge < -0.3 is 20.5 Å². The summed E-state index contributed by atoms with van der Waals surface area (Å²) in [6.07, 6.45) is 0.769. The zero-order valence-electron chi connectivity index (χ0n) is 9.57. The van der Waals surface area contributed by atoms with Crippen LogP contribution in [0.2, 0.25) is 0 Å². The molecule has 0 aromatic rings. The predicted octanol–water partition coefficient (Wildman–Crippen LogP) is -0.326. The summed E-state index contributed by atoms with van der Waals surface area (Å²) in [6, 6.07) is 0. The first-order valence-electron chi connectivity index (χ1n) is 5.52. The van der Waals surface area contributed by atoms with Crippen LogP contribution in [0.1, 0.15) is 19.8 Å². The van der Waals surface area contributed by atoms with E-state index in [4.69, 9.17) is 4.74 Å². The van der Waals surface area contributed by atoms with Gasteiger partial charge >= 0.3 is 0 Å². The van der Waals surface area contributed by atoms with Gasteiger partial charge in [-0.25, -0.2) is 0 Å². The Bertz CT molecular complexity index is 199. The summed E-state index contributed by atoms with van der Waals surface area (Å²) >= 11 is 0. The number of amides is 1. The molecule has 16 heavy (non-hydrogen) atoms. The lowest BCUT2D eigenvalue weighted by Crippen LogP contribution is -2.49. The zero-order valence-corrected chi connectivity index (χ0v) is 10.4. The number of carbonyl (C=O) groups excluding carboxylic acids is 1. The first-order valence-corrected chi connectivity index (χ1v) is 5.52. The average Bonchev–Trinajstić information content (AvgIpc) is 2.27. The van der Waals surface area contributed by atoms with E-state index in [1.54, 1.807) is 0 Å². The van der Waals surface area contributed by atoms with E-state index < -0.39 is 12.2 Å². The monoisotopic (exact) mass is 252 g/mol. The number of rotatable bonds is 5. The van der Waals surface area contributed by atoms with Gasteiger partial charge in [-0.1, -0.05) is 13.3 Å². The van der Waals surface area contributed by atoms with Crippen LogP contribution in [0.25, 0.3) is 0 Å². The van der Waals surface area contributed by atoms with Crippen molar-refractivity contribution in [3.8, 4) is 0 Å². The molecule has 0 radical (unpaired) electrons. The minimum atomic E-state index is -0.449. The van der Waals surface area contributed by atoms with Gasteiger partial charge in [-0.05, 0) is 6.42 Å². The summed E-state index contributed by atoms with van der Waals surface area (Å²) in [5.74, 6) is -0.141. The number of nitrogens with one attached hydrogen (secondary N) is 2.